The van der Waals surface area contributed by atoms with Gasteiger partial charge in [0.15, 0.2) is 0 Å². The summed E-state index contributed by atoms with van der Waals surface area (Å²) in [4.78, 5) is 26.5. The highest BCUT2D eigenvalue weighted by molar-refractivity contribution is 6.33. The van der Waals surface area contributed by atoms with Crippen molar-refractivity contribution in [2.24, 2.45) is 5.92 Å². The zero-order valence-corrected chi connectivity index (χ0v) is 15.5. The van der Waals surface area contributed by atoms with E-state index in [-0.39, 0.29) is 29.8 Å². The van der Waals surface area contributed by atoms with E-state index in [4.69, 9.17) is 21.1 Å². The third-order valence-electron chi connectivity index (χ3n) is 4.36. The minimum absolute atomic E-state index is 0.0466. The second-order valence-corrected chi connectivity index (χ2v) is 6.46. The van der Waals surface area contributed by atoms with Gasteiger partial charge in [-0.2, -0.15) is 0 Å². The Morgan fingerprint density at radius 2 is 2.00 bits per heavy atom. The van der Waals surface area contributed by atoms with Gasteiger partial charge in [0.25, 0.3) is 0 Å². The van der Waals surface area contributed by atoms with Crippen LogP contribution in [0.1, 0.15) is 6.42 Å². The summed E-state index contributed by atoms with van der Waals surface area (Å²) in [5, 5.41) is 2.75. The molecule has 1 unspecified atom stereocenters. The molecule has 0 aromatic heterocycles. The van der Waals surface area contributed by atoms with Crippen LogP contribution in [0.3, 0.4) is 0 Å². The number of methoxy groups -OCH3 is 2. The highest BCUT2D eigenvalue weighted by Crippen LogP contribution is 2.36. The van der Waals surface area contributed by atoms with Crippen molar-refractivity contribution in [2.75, 3.05) is 31.0 Å². The maximum atomic E-state index is 13.1. The molecule has 142 valence electrons. The lowest BCUT2D eigenvalue weighted by molar-refractivity contribution is -0.122. The van der Waals surface area contributed by atoms with Crippen LogP contribution in [0, 0.1) is 11.7 Å². The van der Waals surface area contributed by atoms with E-state index in [1.54, 1.807) is 18.2 Å². The lowest BCUT2D eigenvalue weighted by Crippen LogP contribution is -2.28. The van der Waals surface area contributed by atoms with Gasteiger partial charge in [0, 0.05) is 19.0 Å². The number of rotatable bonds is 5. The number of hydrogen-bond donors (Lipinski definition) is 1. The average molecular weight is 393 g/mol. The minimum Gasteiger partial charge on any atom is -0.497 e. The molecule has 0 aliphatic carbocycles. The van der Waals surface area contributed by atoms with Crippen molar-refractivity contribution in [3.05, 3.63) is 47.2 Å². The van der Waals surface area contributed by atoms with Crippen molar-refractivity contribution < 1.29 is 23.5 Å². The summed E-state index contributed by atoms with van der Waals surface area (Å²) in [5.41, 5.74) is 0.838. The highest BCUT2D eigenvalue weighted by Gasteiger charge is 2.36. The molecule has 0 spiro atoms. The fraction of sp³-hybridized carbons (Fsp3) is 0.263. The Kier molecular flexibility index (Phi) is 5.51. The van der Waals surface area contributed by atoms with E-state index in [0.29, 0.717) is 22.9 Å². The lowest BCUT2D eigenvalue weighted by atomic mass is 10.1. The maximum Gasteiger partial charge on any atom is 0.229 e. The minimum atomic E-state index is -0.575. The lowest BCUT2D eigenvalue weighted by Gasteiger charge is -2.20. The Bertz CT molecular complexity index is 890. The number of halogens is 2. The Hall–Kier alpha value is -2.80. The van der Waals surface area contributed by atoms with Gasteiger partial charge < -0.3 is 19.7 Å². The molecule has 0 bridgehead atoms. The molecule has 0 saturated carbocycles. The highest BCUT2D eigenvalue weighted by atomic mass is 35.5. The molecule has 1 atom stereocenters. The number of benzene rings is 2. The summed E-state index contributed by atoms with van der Waals surface area (Å²) in [5.74, 6) is -0.552. The number of ether oxygens (including phenoxy) is 2. The normalized spacial score (nSPS) is 16.4. The van der Waals surface area contributed by atoms with E-state index >= 15 is 0 Å². The van der Waals surface area contributed by atoms with Crippen molar-refractivity contribution in [2.45, 2.75) is 6.42 Å². The number of hydrogen-bond acceptors (Lipinski definition) is 4. The van der Waals surface area contributed by atoms with Gasteiger partial charge >= 0.3 is 0 Å². The van der Waals surface area contributed by atoms with Crippen molar-refractivity contribution in [1.29, 1.82) is 0 Å². The third-order valence-corrected chi connectivity index (χ3v) is 4.67. The fourth-order valence-electron chi connectivity index (χ4n) is 2.95. The van der Waals surface area contributed by atoms with Gasteiger partial charge in [0.05, 0.1) is 36.5 Å². The van der Waals surface area contributed by atoms with Crippen LogP contribution in [-0.2, 0) is 9.59 Å². The first-order valence-electron chi connectivity index (χ1n) is 8.21. The zero-order chi connectivity index (χ0) is 19.6. The molecule has 1 saturated heterocycles. The van der Waals surface area contributed by atoms with Crippen LogP contribution in [0.15, 0.2) is 36.4 Å². The topological polar surface area (TPSA) is 67.9 Å². The first-order chi connectivity index (χ1) is 12.9. The molecular weight excluding hydrogens is 375 g/mol. The van der Waals surface area contributed by atoms with Crippen LogP contribution in [0.4, 0.5) is 15.8 Å². The number of amides is 2. The summed E-state index contributed by atoms with van der Waals surface area (Å²) in [7, 11) is 3.03. The summed E-state index contributed by atoms with van der Waals surface area (Å²) < 4.78 is 23.7. The predicted molar refractivity (Wildman–Crippen MR) is 100 cm³/mol. The van der Waals surface area contributed by atoms with E-state index in [9.17, 15) is 14.0 Å². The molecule has 6 nitrogen and oxygen atoms in total. The average Bonchev–Trinajstić information content (AvgIpc) is 3.05. The molecule has 0 radical (unpaired) electrons. The van der Waals surface area contributed by atoms with Crippen LogP contribution < -0.4 is 19.7 Å². The largest absolute Gasteiger partial charge is 0.497 e. The van der Waals surface area contributed by atoms with Gasteiger partial charge in [-0.05, 0) is 30.3 Å². The molecule has 1 heterocycles. The molecule has 1 aliphatic rings. The Morgan fingerprint density at radius 1 is 1.22 bits per heavy atom. The van der Waals surface area contributed by atoms with Gasteiger partial charge in [-0.1, -0.05) is 11.6 Å². The van der Waals surface area contributed by atoms with Crippen LogP contribution in [0.2, 0.25) is 5.02 Å². The van der Waals surface area contributed by atoms with E-state index in [2.05, 4.69) is 5.32 Å². The number of carbonyl (C=O) groups excluding carboxylic acids is 2. The van der Waals surface area contributed by atoms with Gasteiger partial charge in [0.1, 0.15) is 17.3 Å². The molecule has 2 amide bonds. The molecule has 2 aromatic carbocycles. The Morgan fingerprint density at radius 3 is 2.67 bits per heavy atom. The maximum absolute atomic E-state index is 13.1. The molecule has 1 N–H and O–H groups in total. The quantitative estimate of drug-likeness (QED) is 0.845. The molecule has 1 fully saturated rings. The second-order valence-electron chi connectivity index (χ2n) is 6.06. The van der Waals surface area contributed by atoms with E-state index < -0.39 is 11.7 Å². The number of anilines is 2. The number of nitrogens with zero attached hydrogens (tertiary/aromatic N) is 1. The second kappa shape index (κ2) is 7.84. The smallest absolute Gasteiger partial charge is 0.229 e. The van der Waals surface area contributed by atoms with Crippen molar-refractivity contribution in [3.8, 4) is 11.5 Å². The standard InChI is InChI=1S/C19H18ClFN2O4/c1-26-13-4-6-17(27-2)16(9-13)23-10-11(7-18(23)24)19(25)22-15-5-3-12(21)8-14(15)20/h3-6,8-9,11H,7,10H2,1-2H3,(H,22,25). The Balaban J connectivity index is 1.78. The summed E-state index contributed by atoms with van der Waals surface area (Å²) >= 11 is 5.94. The first kappa shape index (κ1) is 19.0. The first-order valence-corrected chi connectivity index (χ1v) is 8.59. The van der Waals surface area contributed by atoms with Gasteiger partial charge in [-0.15, -0.1) is 0 Å². The van der Waals surface area contributed by atoms with Gasteiger partial charge in [-0.25, -0.2) is 4.39 Å². The SMILES string of the molecule is COc1ccc(OC)c(N2CC(C(=O)Nc3ccc(F)cc3Cl)CC2=O)c1. The monoisotopic (exact) mass is 392 g/mol. The molecular formula is C19H18ClFN2O4. The van der Waals surface area contributed by atoms with E-state index in [1.165, 1.54) is 31.3 Å². The number of nitrogens with one attached hydrogen (secondary N) is 1. The predicted octanol–water partition coefficient (Wildman–Crippen LogP) is 3.49. The molecule has 27 heavy (non-hydrogen) atoms. The van der Waals surface area contributed by atoms with Crippen molar-refractivity contribution in [3.63, 3.8) is 0 Å². The van der Waals surface area contributed by atoms with Gasteiger partial charge in [0.2, 0.25) is 11.8 Å². The van der Waals surface area contributed by atoms with Crippen LogP contribution in [0.25, 0.3) is 0 Å². The van der Waals surface area contributed by atoms with E-state index in [1.807, 2.05) is 0 Å². The molecule has 2 aromatic rings. The zero-order valence-electron chi connectivity index (χ0n) is 14.8. The summed E-state index contributed by atoms with van der Waals surface area (Å²) in [6.07, 6.45) is 0.0466. The van der Waals surface area contributed by atoms with Crippen LogP contribution in [0.5, 0.6) is 11.5 Å². The summed E-state index contributed by atoms with van der Waals surface area (Å²) in [6, 6.07) is 8.82. The van der Waals surface area contributed by atoms with Crippen LogP contribution in [-0.4, -0.2) is 32.6 Å². The van der Waals surface area contributed by atoms with Crippen molar-refractivity contribution in [1.82, 2.24) is 0 Å². The Labute approximate surface area is 160 Å². The van der Waals surface area contributed by atoms with Gasteiger partial charge in [-0.3, -0.25) is 9.59 Å². The molecule has 3 rings (SSSR count). The van der Waals surface area contributed by atoms with E-state index in [0.717, 1.165) is 6.07 Å². The van der Waals surface area contributed by atoms with Crippen LogP contribution >= 0.6 is 11.6 Å². The number of carbonyl (C=O) groups is 2. The molecule has 1 aliphatic heterocycles. The van der Waals surface area contributed by atoms with Crippen molar-refractivity contribution >= 4 is 34.8 Å². The summed E-state index contributed by atoms with van der Waals surface area (Å²) in [6.45, 7) is 0.188. The molecule has 8 heteroatoms. The third kappa shape index (κ3) is 3.98. The fourth-order valence-corrected chi connectivity index (χ4v) is 3.16.